The van der Waals surface area contributed by atoms with E-state index in [4.69, 9.17) is 4.74 Å². The van der Waals surface area contributed by atoms with E-state index in [1.54, 1.807) is 24.4 Å². The highest BCUT2D eigenvalue weighted by Gasteiger charge is 2.46. The SMILES string of the molecule is COc1cc(-c2ccc(-c3ncc(N(C4CC4)[C@H]4C[C@@H]5CCC[C@@H](C5)[C@H]4F)nn3)c(O)c2)cnc1F. The molecule has 0 aliphatic heterocycles. The van der Waals surface area contributed by atoms with Crippen molar-refractivity contribution in [3.05, 3.63) is 42.6 Å². The summed E-state index contributed by atoms with van der Waals surface area (Å²) in [5, 5.41) is 19.4. The maximum atomic E-state index is 15.5. The van der Waals surface area contributed by atoms with E-state index in [9.17, 15) is 9.50 Å². The van der Waals surface area contributed by atoms with Crippen LogP contribution in [0.3, 0.4) is 0 Å². The standard InChI is InChI=1S/C27H29F2N5O2/c1-36-23-12-18(13-30-26(23)29)16-5-8-20(22(35)11-16)27-31-14-24(32-33-27)34(19-6-7-19)21-10-15-3-2-4-17(9-15)25(21)28/h5,8,11-15,17,19,21,25,35H,2-4,6-7,9-10H2,1H3/t15-,17+,21+,25-/m1/s1. The Labute approximate surface area is 208 Å². The van der Waals surface area contributed by atoms with Crippen LogP contribution in [0.4, 0.5) is 14.6 Å². The first-order valence-corrected chi connectivity index (χ1v) is 12.7. The molecule has 3 saturated carbocycles. The number of halogens is 2. The predicted octanol–water partition coefficient (Wildman–Crippen LogP) is 5.34. The first-order chi connectivity index (χ1) is 17.5. The summed E-state index contributed by atoms with van der Waals surface area (Å²) in [5.74, 6) is 0.923. The van der Waals surface area contributed by atoms with Gasteiger partial charge in [-0.05, 0) is 67.7 Å². The van der Waals surface area contributed by atoms with Gasteiger partial charge in [-0.15, -0.1) is 10.2 Å². The highest BCUT2D eigenvalue weighted by atomic mass is 19.1. The topological polar surface area (TPSA) is 84.3 Å². The van der Waals surface area contributed by atoms with Crippen LogP contribution in [-0.2, 0) is 0 Å². The average molecular weight is 494 g/mol. The number of alkyl halides is 1. The molecule has 0 amide bonds. The predicted molar refractivity (Wildman–Crippen MR) is 131 cm³/mol. The minimum absolute atomic E-state index is 0.0246. The second-order valence-corrected chi connectivity index (χ2v) is 10.3. The van der Waals surface area contributed by atoms with Crippen molar-refractivity contribution in [2.75, 3.05) is 12.0 Å². The van der Waals surface area contributed by atoms with Gasteiger partial charge < -0.3 is 14.7 Å². The Morgan fingerprint density at radius 1 is 1.00 bits per heavy atom. The number of phenolic OH excluding ortho intramolecular Hbond substituents is 1. The first kappa shape index (κ1) is 23.1. The van der Waals surface area contributed by atoms with Crippen LogP contribution in [0.5, 0.6) is 11.5 Å². The van der Waals surface area contributed by atoms with E-state index in [1.165, 1.54) is 25.8 Å². The number of nitrogens with zero attached hydrogens (tertiary/aromatic N) is 5. The van der Waals surface area contributed by atoms with Crippen molar-refractivity contribution in [1.29, 1.82) is 0 Å². The Hall–Kier alpha value is -3.36. The summed E-state index contributed by atoms with van der Waals surface area (Å²) >= 11 is 0. The van der Waals surface area contributed by atoms with Crippen molar-refractivity contribution in [3.63, 3.8) is 0 Å². The van der Waals surface area contributed by atoms with Crippen molar-refractivity contribution < 1.29 is 18.6 Å². The number of rotatable bonds is 6. The van der Waals surface area contributed by atoms with Crippen LogP contribution in [-0.4, -0.2) is 50.6 Å². The lowest BCUT2D eigenvalue weighted by molar-refractivity contribution is 0.0631. The quantitative estimate of drug-likeness (QED) is 0.464. The molecule has 1 N–H and O–H groups in total. The van der Waals surface area contributed by atoms with Crippen LogP contribution in [0.25, 0.3) is 22.5 Å². The zero-order valence-corrected chi connectivity index (χ0v) is 20.1. The van der Waals surface area contributed by atoms with Crippen molar-refractivity contribution in [2.45, 2.75) is 63.2 Å². The Morgan fingerprint density at radius 2 is 1.86 bits per heavy atom. The van der Waals surface area contributed by atoms with Crippen LogP contribution in [0, 0.1) is 17.8 Å². The van der Waals surface area contributed by atoms with Crippen molar-refractivity contribution >= 4 is 5.82 Å². The monoisotopic (exact) mass is 493 g/mol. The largest absolute Gasteiger partial charge is 0.507 e. The number of benzene rings is 1. The molecule has 36 heavy (non-hydrogen) atoms. The van der Waals surface area contributed by atoms with Gasteiger partial charge in [0.05, 0.1) is 24.9 Å². The van der Waals surface area contributed by atoms with Crippen LogP contribution in [0.1, 0.15) is 44.9 Å². The number of hydrogen-bond donors (Lipinski definition) is 1. The Morgan fingerprint density at radius 3 is 2.58 bits per heavy atom. The molecule has 6 rings (SSSR count). The number of hydrogen-bond acceptors (Lipinski definition) is 7. The molecule has 9 heteroatoms. The van der Waals surface area contributed by atoms with Crippen molar-refractivity contribution in [3.8, 4) is 34.0 Å². The molecule has 3 aromatic rings. The molecule has 7 nitrogen and oxygen atoms in total. The van der Waals surface area contributed by atoms with Gasteiger partial charge in [0.1, 0.15) is 11.9 Å². The van der Waals surface area contributed by atoms with Gasteiger partial charge in [-0.3, -0.25) is 0 Å². The summed E-state index contributed by atoms with van der Waals surface area (Å²) in [4.78, 5) is 10.3. The maximum absolute atomic E-state index is 15.5. The molecule has 4 atom stereocenters. The van der Waals surface area contributed by atoms with E-state index in [0.717, 1.165) is 38.5 Å². The highest BCUT2D eigenvalue weighted by molar-refractivity contribution is 5.73. The lowest BCUT2D eigenvalue weighted by Crippen LogP contribution is -2.52. The van der Waals surface area contributed by atoms with E-state index in [-0.39, 0.29) is 29.3 Å². The van der Waals surface area contributed by atoms with Gasteiger partial charge >= 0.3 is 0 Å². The molecule has 2 heterocycles. The summed E-state index contributed by atoms with van der Waals surface area (Å²) in [7, 11) is 1.37. The molecule has 3 aliphatic rings. The maximum Gasteiger partial charge on any atom is 0.255 e. The number of ether oxygens (including phenoxy) is 1. The van der Waals surface area contributed by atoms with Gasteiger partial charge in [-0.25, -0.2) is 14.4 Å². The summed E-state index contributed by atoms with van der Waals surface area (Å²) < 4.78 is 34.2. The minimum atomic E-state index is -0.847. The lowest BCUT2D eigenvalue weighted by atomic mass is 9.69. The van der Waals surface area contributed by atoms with Crippen LogP contribution >= 0.6 is 0 Å². The molecule has 0 unspecified atom stereocenters. The van der Waals surface area contributed by atoms with Crippen molar-refractivity contribution in [1.82, 2.24) is 20.2 Å². The molecule has 2 aromatic heterocycles. The molecule has 0 radical (unpaired) electrons. The molecule has 0 spiro atoms. The number of anilines is 1. The number of pyridine rings is 1. The fourth-order valence-electron chi connectivity index (χ4n) is 6.01. The summed E-state index contributed by atoms with van der Waals surface area (Å²) in [6.07, 6.45) is 9.43. The van der Waals surface area contributed by atoms with Crippen molar-refractivity contribution in [2.24, 2.45) is 11.8 Å². The second-order valence-electron chi connectivity index (χ2n) is 10.3. The van der Waals surface area contributed by atoms with E-state index < -0.39 is 12.1 Å². The number of aromatic nitrogens is 4. The molecule has 3 aliphatic carbocycles. The number of phenols is 1. The van der Waals surface area contributed by atoms with E-state index in [1.807, 2.05) is 0 Å². The van der Waals surface area contributed by atoms with Crippen LogP contribution < -0.4 is 9.64 Å². The zero-order chi connectivity index (χ0) is 24.8. The molecule has 2 bridgehead atoms. The van der Waals surface area contributed by atoms with Crippen LogP contribution in [0.2, 0.25) is 0 Å². The number of aromatic hydroxyl groups is 1. The molecule has 3 fully saturated rings. The fraction of sp³-hybridized carbons (Fsp3) is 0.481. The molecular formula is C27H29F2N5O2. The summed E-state index contributed by atoms with van der Waals surface area (Å²) in [5.41, 5.74) is 1.67. The molecule has 1 aromatic carbocycles. The summed E-state index contributed by atoms with van der Waals surface area (Å²) in [6, 6.07) is 6.65. The van der Waals surface area contributed by atoms with Gasteiger partial charge in [0.2, 0.25) is 0 Å². The minimum Gasteiger partial charge on any atom is -0.507 e. The molecule has 0 saturated heterocycles. The van der Waals surface area contributed by atoms with Gasteiger partial charge in [-0.1, -0.05) is 18.9 Å². The third-order valence-electron chi connectivity index (χ3n) is 7.93. The number of methoxy groups -OCH3 is 1. The van der Waals surface area contributed by atoms with Gasteiger partial charge in [-0.2, -0.15) is 4.39 Å². The lowest BCUT2D eigenvalue weighted by Gasteiger charge is -2.46. The summed E-state index contributed by atoms with van der Waals surface area (Å²) in [6.45, 7) is 0. The van der Waals surface area contributed by atoms with E-state index >= 15 is 4.39 Å². The third-order valence-corrected chi connectivity index (χ3v) is 7.93. The normalized spacial score (nSPS) is 25.4. The molecular weight excluding hydrogens is 464 g/mol. The van der Waals surface area contributed by atoms with E-state index in [0.29, 0.717) is 34.5 Å². The zero-order valence-electron chi connectivity index (χ0n) is 20.1. The first-order valence-electron chi connectivity index (χ1n) is 12.7. The van der Waals surface area contributed by atoms with Gasteiger partial charge in [0.25, 0.3) is 5.95 Å². The Balaban J connectivity index is 1.25. The smallest absolute Gasteiger partial charge is 0.255 e. The van der Waals surface area contributed by atoms with Crippen LogP contribution in [0.15, 0.2) is 36.7 Å². The van der Waals surface area contributed by atoms with Gasteiger partial charge in [0.15, 0.2) is 17.4 Å². The average Bonchev–Trinajstić information content (AvgIpc) is 3.73. The molecule has 188 valence electrons. The second kappa shape index (κ2) is 9.26. The third kappa shape index (κ3) is 4.24. The number of fused-ring (bicyclic) bond motifs is 2. The highest BCUT2D eigenvalue weighted by Crippen LogP contribution is 2.46. The Kier molecular flexibility index (Phi) is 5.93. The fourth-order valence-corrected chi connectivity index (χ4v) is 6.01. The Bertz CT molecular complexity index is 1250. The van der Waals surface area contributed by atoms with E-state index in [2.05, 4.69) is 25.1 Å². The van der Waals surface area contributed by atoms with Gasteiger partial charge in [0, 0.05) is 17.8 Å².